The molecule has 1 N–H and O–H groups in total. The monoisotopic (exact) mass is 334 g/mol. The van der Waals surface area contributed by atoms with Gasteiger partial charge >= 0.3 is 5.97 Å². The first-order valence-electron chi connectivity index (χ1n) is 6.19. The minimum atomic E-state index is -3.30. The van der Waals surface area contributed by atoms with Crippen molar-refractivity contribution in [3.63, 3.8) is 0 Å². The normalized spacial score (nSPS) is 12.0. The molecule has 0 saturated heterocycles. The van der Waals surface area contributed by atoms with Crippen molar-refractivity contribution in [1.29, 1.82) is 0 Å². The van der Waals surface area contributed by atoms with Gasteiger partial charge in [-0.3, -0.25) is 4.79 Å². The highest BCUT2D eigenvalue weighted by molar-refractivity contribution is 7.92. The van der Waals surface area contributed by atoms with E-state index in [2.05, 4.69) is 10.3 Å². The molecule has 0 aliphatic heterocycles. The first kappa shape index (κ1) is 17.6. The highest BCUT2D eigenvalue weighted by Gasteiger charge is 2.31. The molecule has 0 atom stereocenters. The van der Waals surface area contributed by atoms with Crippen LogP contribution in [0.15, 0.2) is 5.38 Å². The molecule has 1 amide bonds. The third-order valence-corrected chi connectivity index (χ3v) is 5.84. The molecule has 21 heavy (non-hydrogen) atoms. The summed E-state index contributed by atoms with van der Waals surface area (Å²) in [5, 5.41) is 4.02. The summed E-state index contributed by atoms with van der Waals surface area (Å²) in [7, 11) is -3.30. The van der Waals surface area contributed by atoms with E-state index in [4.69, 9.17) is 4.74 Å². The molecule has 1 heterocycles. The zero-order valence-electron chi connectivity index (χ0n) is 12.3. The Morgan fingerprint density at radius 1 is 1.43 bits per heavy atom. The Kier molecular flexibility index (Phi) is 5.46. The van der Waals surface area contributed by atoms with E-state index < -0.39 is 26.5 Å². The van der Waals surface area contributed by atoms with Gasteiger partial charge in [-0.05, 0) is 20.8 Å². The average Bonchev–Trinajstić information content (AvgIpc) is 2.84. The molecule has 9 heteroatoms. The topological polar surface area (TPSA) is 102 Å². The molecule has 0 saturated carbocycles. The minimum Gasteiger partial charge on any atom is -0.461 e. The van der Waals surface area contributed by atoms with Gasteiger partial charge in [0.05, 0.1) is 11.4 Å². The van der Waals surface area contributed by atoms with Crippen LogP contribution >= 0.6 is 11.3 Å². The van der Waals surface area contributed by atoms with Gasteiger partial charge in [-0.2, -0.15) is 0 Å². The summed E-state index contributed by atoms with van der Waals surface area (Å²) >= 11 is 1.00. The van der Waals surface area contributed by atoms with Crippen LogP contribution in [-0.4, -0.2) is 49.4 Å². The second-order valence-corrected chi connectivity index (χ2v) is 8.48. The van der Waals surface area contributed by atoms with Gasteiger partial charge in [-0.1, -0.05) is 0 Å². The number of esters is 1. The second-order valence-electron chi connectivity index (χ2n) is 4.97. The molecule has 0 fully saturated rings. The van der Waals surface area contributed by atoms with Crippen LogP contribution in [0.5, 0.6) is 0 Å². The Hall–Kier alpha value is -1.48. The fraction of sp³-hybridized carbons (Fsp3) is 0.583. The number of carbonyl (C=O) groups excluding carboxylic acids is 2. The largest absolute Gasteiger partial charge is 0.461 e. The van der Waals surface area contributed by atoms with E-state index in [1.165, 1.54) is 19.2 Å². The molecule has 0 aliphatic rings. The van der Waals surface area contributed by atoms with E-state index in [1.807, 2.05) is 0 Å². The van der Waals surface area contributed by atoms with Crippen LogP contribution in [0.25, 0.3) is 0 Å². The van der Waals surface area contributed by atoms with Crippen molar-refractivity contribution in [2.75, 3.05) is 19.4 Å². The van der Waals surface area contributed by atoms with Crippen molar-refractivity contribution in [3.05, 3.63) is 16.1 Å². The number of hydrogen-bond donors (Lipinski definition) is 1. The molecule has 7 nitrogen and oxygen atoms in total. The summed E-state index contributed by atoms with van der Waals surface area (Å²) in [4.78, 5) is 27.2. The predicted molar refractivity (Wildman–Crippen MR) is 79.3 cm³/mol. The quantitative estimate of drug-likeness (QED) is 0.775. The van der Waals surface area contributed by atoms with Crippen molar-refractivity contribution in [2.45, 2.75) is 25.5 Å². The number of nitrogens with zero attached hydrogens (tertiary/aromatic N) is 1. The van der Waals surface area contributed by atoms with Crippen molar-refractivity contribution >= 4 is 33.1 Å². The molecule has 0 aliphatic carbocycles. The Morgan fingerprint density at radius 3 is 2.57 bits per heavy atom. The van der Waals surface area contributed by atoms with Gasteiger partial charge in [0.25, 0.3) is 5.91 Å². The van der Waals surface area contributed by atoms with Gasteiger partial charge in [0.2, 0.25) is 5.01 Å². The van der Waals surface area contributed by atoms with Crippen LogP contribution in [0, 0.1) is 0 Å². The van der Waals surface area contributed by atoms with Crippen molar-refractivity contribution < 1.29 is 22.7 Å². The number of carbonyl (C=O) groups is 2. The highest BCUT2D eigenvalue weighted by atomic mass is 32.2. The third-order valence-electron chi connectivity index (χ3n) is 2.87. The Bertz CT molecular complexity index is 634. The lowest BCUT2D eigenvalue weighted by atomic mass is 10.2. The molecule has 0 radical (unpaired) electrons. The number of hydrogen-bond acceptors (Lipinski definition) is 7. The molecule has 0 aromatic carbocycles. The lowest BCUT2D eigenvalue weighted by molar-refractivity contribution is 0.0526. The zero-order valence-corrected chi connectivity index (χ0v) is 13.9. The predicted octanol–water partition coefficient (Wildman–Crippen LogP) is 0.873. The molecule has 1 aromatic rings. The molecular weight excluding hydrogens is 316 g/mol. The van der Waals surface area contributed by atoms with Crippen LogP contribution < -0.4 is 5.32 Å². The smallest absolute Gasteiger partial charge is 0.367 e. The molecule has 1 aromatic heterocycles. The lowest BCUT2D eigenvalue weighted by Gasteiger charge is -2.22. The van der Waals surface area contributed by atoms with E-state index in [-0.39, 0.29) is 23.9 Å². The fourth-order valence-corrected chi connectivity index (χ4v) is 2.20. The van der Waals surface area contributed by atoms with Gasteiger partial charge < -0.3 is 10.1 Å². The van der Waals surface area contributed by atoms with Crippen LogP contribution in [0.2, 0.25) is 0 Å². The first-order chi connectivity index (χ1) is 9.58. The van der Waals surface area contributed by atoms with Gasteiger partial charge in [0, 0.05) is 18.2 Å². The average molecular weight is 334 g/mol. The van der Waals surface area contributed by atoms with Crippen LogP contribution in [0.1, 0.15) is 41.1 Å². The number of sulfone groups is 1. The third kappa shape index (κ3) is 4.50. The minimum absolute atomic E-state index is 0.0447. The Morgan fingerprint density at radius 2 is 2.05 bits per heavy atom. The van der Waals surface area contributed by atoms with Gasteiger partial charge in [0.1, 0.15) is 5.69 Å². The van der Waals surface area contributed by atoms with Crippen LogP contribution in [0.4, 0.5) is 0 Å². The molecule has 1 rings (SSSR count). The molecule has 0 bridgehead atoms. The Balaban J connectivity index is 2.72. The van der Waals surface area contributed by atoms with E-state index in [0.717, 1.165) is 17.6 Å². The molecule has 118 valence electrons. The summed E-state index contributed by atoms with van der Waals surface area (Å²) in [6.45, 7) is 4.90. The summed E-state index contributed by atoms with van der Waals surface area (Å²) in [5.41, 5.74) is 0.0624. The van der Waals surface area contributed by atoms with Crippen LogP contribution in [-0.2, 0) is 14.6 Å². The fourth-order valence-electron chi connectivity index (χ4n) is 1.18. The standard InChI is InChI=1S/C12H18N2O5S2/c1-5-19-11(16)10-14-8(6-20-10)9(15)13-7-12(2,3)21(4,17)18/h6H,5,7H2,1-4H3,(H,13,15). The maximum Gasteiger partial charge on any atom is 0.367 e. The number of thiazole rings is 1. The van der Waals surface area contributed by atoms with Gasteiger partial charge in [-0.25, -0.2) is 18.2 Å². The van der Waals surface area contributed by atoms with Gasteiger partial charge in [0.15, 0.2) is 9.84 Å². The van der Waals surface area contributed by atoms with E-state index >= 15 is 0 Å². The number of amides is 1. The molecule has 0 spiro atoms. The first-order valence-corrected chi connectivity index (χ1v) is 8.96. The van der Waals surface area contributed by atoms with Crippen molar-refractivity contribution in [2.24, 2.45) is 0 Å². The molecule has 0 unspecified atom stereocenters. The summed E-state index contributed by atoms with van der Waals surface area (Å²) in [6, 6.07) is 0. The second kappa shape index (κ2) is 6.52. The lowest BCUT2D eigenvalue weighted by Crippen LogP contribution is -2.43. The highest BCUT2D eigenvalue weighted by Crippen LogP contribution is 2.15. The van der Waals surface area contributed by atoms with E-state index in [9.17, 15) is 18.0 Å². The summed E-state index contributed by atoms with van der Waals surface area (Å²) in [6.07, 6.45) is 1.11. The van der Waals surface area contributed by atoms with E-state index in [0.29, 0.717) is 0 Å². The number of rotatable bonds is 6. The zero-order chi connectivity index (χ0) is 16.3. The van der Waals surface area contributed by atoms with Crippen molar-refractivity contribution in [1.82, 2.24) is 10.3 Å². The van der Waals surface area contributed by atoms with Crippen molar-refractivity contribution in [3.8, 4) is 0 Å². The molecular formula is C12H18N2O5S2. The number of ether oxygens (including phenoxy) is 1. The summed E-state index contributed by atoms with van der Waals surface area (Å²) in [5.74, 6) is -1.11. The Labute approximate surface area is 127 Å². The van der Waals surface area contributed by atoms with Crippen LogP contribution in [0.3, 0.4) is 0 Å². The maximum absolute atomic E-state index is 11.9. The van der Waals surface area contributed by atoms with E-state index in [1.54, 1.807) is 6.92 Å². The summed E-state index contributed by atoms with van der Waals surface area (Å²) < 4.78 is 26.8. The maximum atomic E-state index is 11.9. The SMILES string of the molecule is CCOC(=O)c1nc(C(=O)NCC(C)(C)S(C)(=O)=O)cs1. The number of nitrogens with one attached hydrogen (secondary N) is 1. The van der Waals surface area contributed by atoms with Gasteiger partial charge in [-0.15, -0.1) is 11.3 Å². The number of aromatic nitrogens is 1.